The third kappa shape index (κ3) is 3.81. The van der Waals surface area contributed by atoms with Crippen molar-refractivity contribution < 1.29 is 13.9 Å². The summed E-state index contributed by atoms with van der Waals surface area (Å²) in [6, 6.07) is 13.5. The molecule has 0 spiro atoms. The summed E-state index contributed by atoms with van der Waals surface area (Å²) >= 11 is 0. The molecule has 4 heteroatoms. The predicted molar refractivity (Wildman–Crippen MR) is 71.7 cm³/mol. The van der Waals surface area contributed by atoms with Crippen molar-refractivity contribution in [3.63, 3.8) is 0 Å². The molecule has 2 rings (SSSR count). The highest BCUT2D eigenvalue weighted by atomic mass is 19.1. The van der Waals surface area contributed by atoms with Gasteiger partial charge in [-0.2, -0.15) is 0 Å². The number of benzene rings is 2. The number of ether oxygens (including phenoxy) is 1. The lowest BCUT2D eigenvalue weighted by molar-refractivity contribution is -0.118. The molecule has 0 fully saturated rings. The zero-order valence-corrected chi connectivity index (χ0v) is 10.5. The molecule has 0 radical (unpaired) electrons. The fourth-order valence-corrected chi connectivity index (χ4v) is 1.59. The van der Waals surface area contributed by atoms with E-state index >= 15 is 0 Å². The van der Waals surface area contributed by atoms with Crippen LogP contribution in [0.1, 0.15) is 5.56 Å². The molecular weight excluding hydrogens is 245 g/mol. The monoisotopic (exact) mass is 259 g/mol. The van der Waals surface area contributed by atoms with Crippen LogP contribution in [0.15, 0.2) is 48.5 Å². The van der Waals surface area contributed by atoms with Crippen molar-refractivity contribution in [2.75, 3.05) is 11.9 Å². The zero-order valence-electron chi connectivity index (χ0n) is 10.5. The molecule has 0 unspecified atom stereocenters. The van der Waals surface area contributed by atoms with Crippen LogP contribution in [0.4, 0.5) is 10.1 Å². The Morgan fingerprint density at radius 2 is 1.95 bits per heavy atom. The Hall–Kier alpha value is -2.36. The van der Waals surface area contributed by atoms with Crippen LogP contribution in [0.5, 0.6) is 5.75 Å². The molecule has 0 saturated carbocycles. The highest BCUT2D eigenvalue weighted by Crippen LogP contribution is 2.15. The van der Waals surface area contributed by atoms with Gasteiger partial charge >= 0.3 is 0 Å². The Bertz CT molecular complexity index is 570. The molecule has 0 aliphatic heterocycles. The van der Waals surface area contributed by atoms with Crippen molar-refractivity contribution in [1.82, 2.24) is 0 Å². The SMILES string of the molecule is Cc1ccc(F)c(NC(=O)COc2ccccc2)c1. The standard InChI is InChI=1S/C15H14FNO2/c1-11-7-8-13(16)14(9-11)17-15(18)10-19-12-5-3-2-4-6-12/h2-9H,10H2,1H3,(H,17,18). The van der Waals surface area contributed by atoms with E-state index in [4.69, 9.17) is 4.74 Å². The van der Waals surface area contributed by atoms with Crippen molar-refractivity contribution in [1.29, 1.82) is 0 Å². The van der Waals surface area contributed by atoms with Crippen molar-refractivity contribution >= 4 is 11.6 Å². The van der Waals surface area contributed by atoms with E-state index in [1.165, 1.54) is 6.07 Å². The number of anilines is 1. The molecule has 1 amide bonds. The summed E-state index contributed by atoms with van der Waals surface area (Å²) in [5.74, 6) is -0.255. The number of carbonyl (C=O) groups excluding carboxylic acids is 1. The third-order valence-electron chi connectivity index (χ3n) is 2.51. The first-order valence-electron chi connectivity index (χ1n) is 5.89. The van der Waals surface area contributed by atoms with Gasteiger partial charge in [-0.25, -0.2) is 4.39 Å². The second kappa shape index (κ2) is 6.00. The summed E-state index contributed by atoms with van der Waals surface area (Å²) in [6.45, 7) is 1.67. The maximum atomic E-state index is 13.4. The Morgan fingerprint density at radius 3 is 2.68 bits per heavy atom. The quantitative estimate of drug-likeness (QED) is 0.916. The highest BCUT2D eigenvalue weighted by molar-refractivity contribution is 5.92. The summed E-state index contributed by atoms with van der Waals surface area (Å²) in [5, 5.41) is 2.48. The molecule has 2 aromatic rings. The summed E-state index contributed by atoms with van der Waals surface area (Å²) in [4.78, 5) is 11.6. The molecule has 0 aliphatic rings. The van der Waals surface area contributed by atoms with Crippen LogP contribution < -0.4 is 10.1 Å². The molecule has 0 heterocycles. The number of aryl methyl sites for hydroxylation is 1. The number of carbonyl (C=O) groups is 1. The summed E-state index contributed by atoms with van der Waals surface area (Å²) in [6.07, 6.45) is 0. The molecule has 19 heavy (non-hydrogen) atoms. The van der Waals surface area contributed by atoms with Gasteiger partial charge in [0, 0.05) is 0 Å². The molecule has 0 atom stereocenters. The van der Waals surface area contributed by atoms with Gasteiger partial charge in [0.2, 0.25) is 0 Å². The van der Waals surface area contributed by atoms with Crippen LogP contribution in [0, 0.1) is 12.7 Å². The van der Waals surface area contributed by atoms with Gasteiger partial charge in [-0.1, -0.05) is 24.3 Å². The minimum absolute atomic E-state index is 0.155. The van der Waals surface area contributed by atoms with Gasteiger partial charge in [0.1, 0.15) is 11.6 Å². The number of halogens is 1. The number of hydrogen-bond donors (Lipinski definition) is 1. The fraction of sp³-hybridized carbons (Fsp3) is 0.133. The fourth-order valence-electron chi connectivity index (χ4n) is 1.59. The summed E-state index contributed by atoms with van der Waals surface area (Å²) < 4.78 is 18.7. The summed E-state index contributed by atoms with van der Waals surface area (Å²) in [7, 11) is 0. The Morgan fingerprint density at radius 1 is 1.21 bits per heavy atom. The van der Waals surface area contributed by atoms with Crippen LogP contribution in [-0.2, 0) is 4.79 Å². The summed E-state index contributed by atoms with van der Waals surface area (Å²) in [5.41, 5.74) is 1.04. The third-order valence-corrected chi connectivity index (χ3v) is 2.51. The van der Waals surface area contributed by atoms with Gasteiger partial charge in [0.05, 0.1) is 5.69 Å². The maximum Gasteiger partial charge on any atom is 0.262 e. The zero-order chi connectivity index (χ0) is 13.7. The molecule has 0 saturated heterocycles. The number of nitrogens with one attached hydrogen (secondary N) is 1. The molecular formula is C15H14FNO2. The van der Waals surface area contributed by atoms with E-state index in [1.807, 2.05) is 25.1 Å². The molecule has 1 N–H and O–H groups in total. The van der Waals surface area contributed by atoms with Crippen molar-refractivity contribution in [2.24, 2.45) is 0 Å². The lowest BCUT2D eigenvalue weighted by atomic mass is 10.2. The second-order valence-electron chi connectivity index (χ2n) is 4.13. The normalized spacial score (nSPS) is 10.0. The van der Waals surface area contributed by atoms with Crippen LogP contribution >= 0.6 is 0 Å². The van der Waals surface area contributed by atoms with Crippen molar-refractivity contribution in [3.05, 3.63) is 59.9 Å². The largest absolute Gasteiger partial charge is 0.484 e. The van der Waals surface area contributed by atoms with Crippen molar-refractivity contribution in [3.8, 4) is 5.75 Å². The Balaban J connectivity index is 1.93. The first kappa shape index (κ1) is 13.1. The Labute approximate surface area is 111 Å². The van der Waals surface area contributed by atoms with E-state index in [2.05, 4.69) is 5.32 Å². The molecule has 0 aromatic heterocycles. The van der Waals surface area contributed by atoms with E-state index in [-0.39, 0.29) is 12.3 Å². The average Bonchev–Trinajstić information content (AvgIpc) is 2.42. The van der Waals surface area contributed by atoms with Gasteiger partial charge < -0.3 is 10.1 Å². The van der Waals surface area contributed by atoms with E-state index in [9.17, 15) is 9.18 Å². The highest BCUT2D eigenvalue weighted by Gasteiger charge is 2.07. The lowest BCUT2D eigenvalue weighted by Gasteiger charge is -2.08. The second-order valence-corrected chi connectivity index (χ2v) is 4.13. The number of para-hydroxylation sites is 1. The van der Waals surface area contributed by atoms with E-state index in [0.717, 1.165) is 5.56 Å². The predicted octanol–water partition coefficient (Wildman–Crippen LogP) is 3.15. The lowest BCUT2D eigenvalue weighted by Crippen LogP contribution is -2.20. The topological polar surface area (TPSA) is 38.3 Å². The van der Waals surface area contributed by atoms with Gasteiger partial charge in [0.25, 0.3) is 5.91 Å². The van der Waals surface area contributed by atoms with Gasteiger partial charge in [-0.3, -0.25) is 4.79 Å². The Kier molecular flexibility index (Phi) is 4.13. The van der Waals surface area contributed by atoms with Crippen molar-refractivity contribution in [2.45, 2.75) is 6.92 Å². The first-order valence-corrected chi connectivity index (χ1v) is 5.89. The van der Waals surface area contributed by atoms with Crippen LogP contribution in [0.2, 0.25) is 0 Å². The number of hydrogen-bond acceptors (Lipinski definition) is 2. The van der Waals surface area contributed by atoms with Gasteiger partial charge in [0.15, 0.2) is 6.61 Å². The number of rotatable bonds is 4. The average molecular weight is 259 g/mol. The van der Waals surface area contributed by atoms with Gasteiger partial charge in [-0.15, -0.1) is 0 Å². The minimum atomic E-state index is -0.460. The molecule has 3 nitrogen and oxygen atoms in total. The smallest absolute Gasteiger partial charge is 0.262 e. The molecule has 0 aliphatic carbocycles. The molecule has 0 bridgehead atoms. The molecule has 98 valence electrons. The van der Waals surface area contributed by atoms with Crippen LogP contribution in [0.3, 0.4) is 0 Å². The first-order chi connectivity index (χ1) is 9.15. The number of amides is 1. The van der Waals surface area contributed by atoms with Crippen LogP contribution in [-0.4, -0.2) is 12.5 Å². The van der Waals surface area contributed by atoms with E-state index < -0.39 is 11.7 Å². The van der Waals surface area contributed by atoms with Gasteiger partial charge in [-0.05, 0) is 36.8 Å². The van der Waals surface area contributed by atoms with E-state index in [1.54, 1.807) is 24.3 Å². The minimum Gasteiger partial charge on any atom is -0.484 e. The van der Waals surface area contributed by atoms with E-state index in [0.29, 0.717) is 5.75 Å². The maximum absolute atomic E-state index is 13.4. The molecule has 2 aromatic carbocycles. The van der Waals surface area contributed by atoms with Crippen LogP contribution in [0.25, 0.3) is 0 Å².